The van der Waals surface area contributed by atoms with E-state index in [0.29, 0.717) is 0 Å². The van der Waals surface area contributed by atoms with Gasteiger partial charge in [-0.2, -0.15) is 0 Å². The van der Waals surface area contributed by atoms with Crippen molar-refractivity contribution in [1.29, 1.82) is 0 Å². The molecule has 86 valence electrons. The number of fused-ring (bicyclic) bond motifs is 1. The molecule has 1 aromatic heterocycles. The van der Waals surface area contributed by atoms with Crippen LogP contribution in [0.4, 0.5) is 0 Å². The van der Waals surface area contributed by atoms with Crippen LogP contribution in [-0.4, -0.2) is 23.8 Å². The molecule has 1 heterocycles. The van der Waals surface area contributed by atoms with Gasteiger partial charge in [0.25, 0.3) is 0 Å². The predicted octanol–water partition coefficient (Wildman–Crippen LogP) is 2.45. The molecule has 0 unspecified atom stereocenters. The normalized spacial score (nSPS) is 12.0. The lowest BCUT2D eigenvalue weighted by Gasteiger charge is -2.25. The van der Waals surface area contributed by atoms with Crippen molar-refractivity contribution in [3.8, 4) is 5.75 Å². The lowest BCUT2D eigenvalue weighted by atomic mass is 9.84. The van der Waals surface area contributed by atoms with Gasteiger partial charge in [-0.15, -0.1) is 0 Å². The molecule has 1 aromatic carbocycles. The molecule has 0 spiro atoms. The van der Waals surface area contributed by atoms with Gasteiger partial charge in [-0.3, -0.25) is 0 Å². The highest BCUT2D eigenvalue weighted by molar-refractivity contribution is 5.87. The van der Waals surface area contributed by atoms with Crippen LogP contribution < -0.4 is 4.74 Å². The molecule has 0 amide bonds. The average Bonchev–Trinajstić information content (AvgIpc) is 2.75. The molecule has 0 bridgehead atoms. The summed E-state index contributed by atoms with van der Waals surface area (Å²) in [5, 5.41) is 10.5. The van der Waals surface area contributed by atoms with Gasteiger partial charge in [-0.25, -0.2) is 0 Å². The minimum absolute atomic E-state index is 0.0965. The molecule has 3 heteroatoms. The Kier molecular flexibility index (Phi) is 2.64. The van der Waals surface area contributed by atoms with E-state index < -0.39 is 0 Å². The van der Waals surface area contributed by atoms with E-state index in [2.05, 4.69) is 4.98 Å². The first-order valence-corrected chi connectivity index (χ1v) is 5.35. The van der Waals surface area contributed by atoms with Crippen LogP contribution in [0.2, 0.25) is 0 Å². The molecular weight excluding hydrogens is 202 g/mol. The third-order valence-corrected chi connectivity index (χ3v) is 3.01. The number of aliphatic hydroxyl groups excluding tert-OH is 1. The second-order valence-corrected chi connectivity index (χ2v) is 4.63. The number of H-pyrrole nitrogens is 1. The summed E-state index contributed by atoms with van der Waals surface area (Å²) in [6, 6.07) is 6.02. The summed E-state index contributed by atoms with van der Waals surface area (Å²) in [5.41, 5.74) is 1.79. The van der Waals surface area contributed by atoms with Crippen molar-refractivity contribution in [2.24, 2.45) is 0 Å². The smallest absolute Gasteiger partial charge is 0.132 e. The van der Waals surface area contributed by atoms with Crippen LogP contribution in [0.15, 0.2) is 24.4 Å². The van der Waals surface area contributed by atoms with Gasteiger partial charge in [-0.1, -0.05) is 19.9 Å². The molecule has 0 aliphatic carbocycles. The molecule has 0 aliphatic heterocycles. The molecule has 2 N–H and O–H groups in total. The maximum absolute atomic E-state index is 9.43. The molecule has 0 aliphatic rings. The van der Waals surface area contributed by atoms with Crippen molar-refractivity contribution in [2.45, 2.75) is 19.3 Å². The number of nitrogens with one attached hydrogen (secondary N) is 1. The van der Waals surface area contributed by atoms with Crippen molar-refractivity contribution >= 4 is 10.9 Å². The van der Waals surface area contributed by atoms with E-state index in [1.807, 2.05) is 38.2 Å². The van der Waals surface area contributed by atoms with Gasteiger partial charge in [0, 0.05) is 28.1 Å². The van der Waals surface area contributed by atoms with Crippen LogP contribution >= 0.6 is 0 Å². The van der Waals surface area contributed by atoms with Crippen molar-refractivity contribution < 1.29 is 9.84 Å². The topological polar surface area (TPSA) is 45.2 Å². The van der Waals surface area contributed by atoms with E-state index in [1.54, 1.807) is 7.11 Å². The Morgan fingerprint density at radius 2 is 2.06 bits per heavy atom. The van der Waals surface area contributed by atoms with Gasteiger partial charge in [0.2, 0.25) is 0 Å². The first-order valence-electron chi connectivity index (χ1n) is 5.35. The van der Waals surface area contributed by atoms with E-state index in [4.69, 9.17) is 4.74 Å². The van der Waals surface area contributed by atoms with Gasteiger partial charge < -0.3 is 14.8 Å². The van der Waals surface area contributed by atoms with Gasteiger partial charge in [-0.05, 0) is 12.1 Å². The minimum atomic E-state index is -0.295. The van der Waals surface area contributed by atoms with Gasteiger partial charge in [0.1, 0.15) is 5.75 Å². The van der Waals surface area contributed by atoms with Crippen LogP contribution in [0, 0.1) is 0 Å². The summed E-state index contributed by atoms with van der Waals surface area (Å²) >= 11 is 0. The highest BCUT2D eigenvalue weighted by Crippen LogP contribution is 2.36. The number of hydrogen-bond donors (Lipinski definition) is 2. The molecule has 3 nitrogen and oxygen atoms in total. The monoisotopic (exact) mass is 219 g/mol. The highest BCUT2D eigenvalue weighted by Gasteiger charge is 2.24. The van der Waals surface area contributed by atoms with Crippen LogP contribution in [0.3, 0.4) is 0 Å². The lowest BCUT2D eigenvalue weighted by Crippen LogP contribution is -2.22. The summed E-state index contributed by atoms with van der Waals surface area (Å²) in [4.78, 5) is 3.15. The SMILES string of the molecule is COc1c(C(C)(C)CO)ccc2[nH]ccc12. The zero-order chi connectivity index (χ0) is 11.8. The Morgan fingerprint density at radius 1 is 1.31 bits per heavy atom. The standard InChI is InChI=1S/C13H17NO2/c1-13(2,8-15)10-4-5-11-9(6-7-14-11)12(10)16-3/h4-7,14-15H,8H2,1-3H3. The summed E-state index contributed by atoms with van der Waals surface area (Å²) < 4.78 is 5.47. The van der Waals surface area contributed by atoms with Gasteiger partial charge >= 0.3 is 0 Å². The number of ether oxygens (including phenoxy) is 1. The van der Waals surface area contributed by atoms with Gasteiger partial charge in [0.05, 0.1) is 13.7 Å². The second kappa shape index (κ2) is 3.83. The fraction of sp³-hybridized carbons (Fsp3) is 0.385. The molecular formula is C13H17NO2. The summed E-state index contributed by atoms with van der Waals surface area (Å²) in [6.07, 6.45) is 1.89. The molecule has 0 saturated carbocycles. The Morgan fingerprint density at radius 3 is 2.69 bits per heavy atom. The highest BCUT2D eigenvalue weighted by atomic mass is 16.5. The summed E-state index contributed by atoms with van der Waals surface area (Å²) in [6.45, 7) is 4.10. The third-order valence-electron chi connectivity index (χ3n) is 3.01. The Hall–Kier alpha value is -1.48. The molecule has 0 saturated heterocycles. The number of benzene rings is 1. The predicted molar refractivity (Wildman–Crippen MR) is 65.0 cm³/mol. The zero-order valence-corrected chi connectivity index (χ0v) is 9.87. The fourth-order valence-electron chi connectivity index (χ4n) is 1.94. The molecule has 2 rings (SSSR count). The number of aliphatic hydroxyl groups is 1. The van der Waals surface area contributed by atoms with Crippen LogP contribution in [0.25, 0.3) is 10.9 Å². The van der Waals surface area contributed by atoms with Crippen molar-refractivity contribution in [2.75, 3.05) is 13.7 Å². The number of rotatable bonds is 3. The van der Waals surface area contributed by atoms with Crippen LogP contribution in [0.1, 0.15) is 19.4 Å². The summed E-state index contributed by atoms with van der Waals surface area (Å²) in [7, 11) is 1.67. The average molecular weight is 219 g/mol. The first-order chi connectivity index (χ1) is 7.60. The summed E-state index contributed by atoms with van der Waals surface area (Å²) in [5.74, 6) is 0.845. The molecule has 0 fully saturated rings. The maximum Gasteiger partial charge on any atom is 0.132 e. The van der Waals surface area contributed by atoms with Crippen molar-refractivity contribution in [3.05, 3.63) is 30.0 Å². The molecule has 16 heavy (non-hydrogen) atoms. The zero-order valence-electron chi connectivity index (χ0n) is 9.87. The van der Waals surface area contributed by atoms with E-state index in [-0.39, 0.29) is 12.0 Å². The van der Waals surface area contributed by atoms with Crippen LogP contribution in [-0.2, 0) is 5.41 Å². The lowest BCUT2D eigenvalue weighted by molar-refractivity contribution is 0.215. The molecule has 0 radical (unpaired) electrons. The number of hydrogen-bond acceptors (Lipinski definition) is 2. The van der Waals surface area contributed by atoms with E-state index in [0.717, 1.165) is 22.2 Å². The Bertz CT molecular complexity index is 500. The largest absolute Gasteiger partial charge is 0.496 e. The van der Waals surface area contributed by atoms with E-state index >= 15 is 0 Å². The fourth-order valence-corrected chi connectivity index (χ4v) is 1.94. The van der Waals surface area contributed by atoms with Crippen molar-refractivity contribution in [3.63, 3.8) is 0 Å². The van der Waals surface area contributed by atoms with Crippen molar-refractivity contribution in [1.82, 2.24) is 4.98 Å². The maximum atomic E-state index is 9.43. The number of methoxy groups -OCH3 is 1. The van der Waals surface area contributed by atoms with Gasteiger partial charge in [0.15, 0.2) is 0 Å². The minimum Gasteiger partial charge on any atom is -0.496 e. The second-order valence-electron chi connectivity index (χ2n) is 4.63. The molecule has 0 atom stereocenters. The van der Waals surface area contributed by atoms with E-state index in [9.17, 15) is 5.11 Å². The third kappa shape index (κ3) is 1.57. The number of aromatic amines is 1. The molecule has 2 aromatic rings. The van der Waals surface area contributed by atoms with Crippen LogP contribution in [0.5, 0.6) is 5.75 Å². The quantitative estimate of drug-likeness (QED) is 0.832. The first kappa shape index (κ1) is 11.0. The Balaban J connectivity index is 2.70. The number of aromatic nitrogens is 1. The van der Waals surface area contributed by atoms with E-state index in [1.165, 1.54) is 0 Å². The Labute approximate surface area is 95.1 Å².